The third-order valence-corrected chi connectivity index (χ3v) is 6.69. The van der Waals surface area contributed by atoms with Gasteiger partial charge < -0.3 is 14.7 Å². The van der Waals surface area contributed by atoms with Crippen molar-refractivity contribution in [3.63, 3.8) is 0 Å². The molecule has 1 amide bonds. The molecule has 4 rings (SSSR count). The van der Waals surface area contributed by atoms with E-state index >= 15 is 0 Å². The average molecular weight is 372 g/mol. The van der Waals surface area contributed by atoms with Gasteiger partial charge in [-0.05, 0) is 24.5 Å². The monoisotopic (exact) mass is 372 g/mol. The maximum atomic E-state index is 12.8. The summed E-state index contributed by atoms with van der Waals surface area (Å²) in [5.74, 6) is -0.118. The smallest absolute Gasteiger partial charge is 0.315 e. The number of nitrogens with zero attached hydrogens (tertiary/aromatic N) is 2. The highest BCUT2D eigenvalue weighted by atomic mass is 16.5. The minimum absolute atomic E-state index is 0.0929. The predicted molar refractivity (Wildman–Crippen MR) is 101 cm³/mol. The zero-order chi connectivity index (χ0) is 19.0. The zero-order valence-electron chi connectivity index (χ0n) is 15.9. The molecule has 6 heteroatoms. The largest absolute Gasteiger partial charge is 0.492 e. The SMILES string of the molecule is CN(C(=O)CN1C[C@H]2c3ccccc3OC[C@@]2(C(=O)O)C1)C1CCCCC1. The van der Waals surface area contributed by atoms with Crippen LogP contribution in [0.3, 0.4) is 0 Å². The third kappa shape index (κ3) is 3.20. The Balaban J connectivity index is 1.50. The Hall–Kier alpha value is -2.08. The van der Waals surface area contributed by atoms with Crippen molar-refractivity contribution in [2.45, 2.75) is 44.1 Å². The van der Waals surface area contributed by atoms with Gasteiger partial charge in [0.15, 0.2) is 0 Å². The van der Waals surface area contributed by atoms with E-state index in [2.05, 4.69) is 0 Å². The molecule has 0 spiro atoms. The Kier molecular flexibility index (Phi) is 4.84. The third-order valence-electron chi connectivity index (χ3n) is 6.69. The number of para-hydroxylation sites is 1. The normalized spacial score (nSPS) is 28.1. The number of benzene rings is 1. The van der Waals surface area contributed by atoms with E-state index in [4.69, 9.17) is 4.74 Å². The van der Waals surface area contributed by atoms with E-state index in [1.807, 2.05) is 41.1 Å². The number of aliphatic carboxylic acids is 1. The number of carboxylic acids is 1. The lowest BCUT2D eigenvalue weighted by molar-refractivity contribution is -0.152. The van der Waals surface area contributed by atoms with Gasteiger partial charge in [-0.25, -0.2) is 0 Å². The van der Waals surface area contributed by atoms with Crippen molar-refractivity contribution in [2.75, 3.05) is 33.3 Å². The topological polar surface area (TPSA) is 70.1 Å². The summed E-state index contributed by atoms with van der Waals surface area (Å²) in [5, 5.41) is 9.99. The summed E-state index contributed by atoms with van der Waals surface area (Å²) in [6, 6.07) is 8.00. The Morgan fingerprint density at radius 1 is 1.26 bits per heavy atom. The molecule has 2 aliphatic heterocycles. The predicted octanol–water partition coefficient (Wildman–Crippen LogP) is 2.34. The first kappa shape index (κ1) is 18.3. The fourth-order valence-corrected chi connectivity index (χ4v) is 5.03. The second kappa shape index (κ2) is 7.15. The molecule has 1 aromatic carbocycles. The van der Waals surface area contributed by atoms with E-state index in [0.29, 0.717) is 19.1 Å². The highest BCUT2D eigenvalue weighted by molar-refractivity contribution is 5.80. The number of carboxylic acid groups (broad SMARTS) is 1. The average Bonchev–Trinajstić information content (AvgIpc) is 3.08. The fourth-order valence-electron chi connectivity index (χ4n) is 5.03. The summed E-state index contributed by atoms with van der Waals surface area (Å²) in [6.07, 6.45) is 5.78. The van der Waals surface area contributed by atoms with E-state index in [0.717, 1.165) is 24.2 Å². The molecule has 0 aromatic heterocycles. The van der Waals surface area contributed by atoms with Crippen molar-refractivity contribution >= 4 is 11.9 Å². The number of likely N-dealkylation sites (tertiary alicyclic amines) is 1. The van der Waals surface area contributed by atoms with Crippen LogP contribution in [0.4, 0.5) is 0 Å². The Morgan fingerprint density at radius 3 is 2.74 bits per heavy atom. The fraction of sp³-hybridized carbons (Fsp3) is 0.619. The number of amides is 1. The highest BCUT2D eigenvalue weighted by Gasteiger charge is 2.56. The maximum absolute atomic E-state index is 12.8. The van der Waals surface area contributed by atoms with Gasteiger partial charge >= 0.3 is 5.97 Å². The molecule has 0 bridgehead atoms. The van der Waals surface area contributed by atoms with Gasteiger partial charge in [0.05, 0.1) is 6.54 Å². The highest BCUT2D eigenvalue weighted by Crippen LogP contribution is 2.49. The van der Waals surface area contributed by atoms with Crippen LogP contribution in [0.15, 0.2) is 24.3 Å². The van der Waals surface area contributed by atoms with Crippen molar-refractivity contribution in [1.29, 1.82) is 0 Å². The molecule has 1 aliphatic carbocycles. The number of rotatable bonds is 4. The first-order valence-corrected chi connectivity index (χ1v) is 9.94. The molecule has 27 heavy (non-hydrogen) atoms. The molecule has 146 valence electrons. The van der Waals surface area contributed by atoms with Crippen LogP contribution in [0.2, 0.25) is 0 Å². The van der Waals surface area contributed by atoms with Crippen LogP contribution in [0, 0.1) is 5.41 Å². The van der Waals surface area contributed by atoms with Crippen molar-refractivity contribution in [1.82, 2.24) is 9.80 Å². The number of hydrogen-bond acceptors (Lipinski definition) is 4. The first-order chi connectivity index (χ1) is 13.0. The van der Waals surface area contributed by atoms with E-state index < -0.39 is 11.4 Å². The molecule has 1 aromatic rings. The molecular weight excluding hydrogens is 344 g/mol. The van der Waals surface area contributed by atoms with Crippen molar-refractivity contribution in [2.24, 2.45) is 5.41 Å². The number of hydrogen-bond donors (Lipinski definition) is 1. The Labute approximate surface area is 160 Å². The summed E-state index contributed by atoms with van der Waals surface area (Å²) in [6.45, 7) is 1.37. The number of fused-ring (bicyclic) bond motifs is 3. The number of likely N-dealkylation sites (N-methyl/N-ethyl adjacent to an activating group) is 1. The van der Waals surface area contributed by atoms with Crippen LogP contribution in [0.1, 0.15) is 43.6 Å². The van der Waals surface area contributed by atoms with Gasteiger partial charge in [-0.1, -0.05) is 37.5 Å². The van der Waals surface area contributed by atoms with Crippen molar-refractivity contribution in [3.8, 4) is 5.75 Å². The van der Waals surface area contributed by atoms with Crippen LogP contribution in [0.5, 0.6) is 5.75 Å². The molecule has 1 saturated carbocycles. The minimum Gasteiger partial charge on any atom is -0.492 e. The molecule has 1 saturated heterocycles. The van der Waals surface area contributed by atoms with E-state index in [-0.39, 0.29) is 25.0 Å². The lowest BCUT2D eigenvalue weighted by Gasteiger charge is -2.36. The van der Waals surface area contributed by atoms with Crippen LogP contribution >= 0.6 is 0 Å². The second-order valence-corrected chi connectivity index (χ2v) is 8.31. The summed E-state index contributed by atoms with van der Waals surface area (Å²) >= 11 is 0. The quantitative estimate of drug-likeness (QED) is 0.879. The van der Waals surface area contributed by atoms with Gasteiger partial charge in [0.1, 0.15) is 17.8 Å². The number of carbonyl (C=O) groups excluding carboxylic acids is 1. The molecule has 2 fully saturated rings. The van der Waals surface area contributed by atoms with Gasteiger partial charge in [0.2, 0.25) is 5.91 Å². The molecule has 6 nitrogen and oxygen atoms in total. The standard InChI is InChI=1S/C21H28N2O4/c1-22(15-7-3-2-4-8-15)19(24)12-23-11-17-16-9-5-6-10-18(16)27-14-21(17,13-23)20(25)26/h5-6,9-10,15,17H,2-4,7-8,11-14H2,1H3,(H,25,26)/t17-,21-/m0/s1. The van der Waals surface area contributed by atoms with Crippen molar-refractivity contribution < 1.29 is 19.4 Å². The van der Waals surface area contributed by atoms with E-state index in [9.17, 15) is 14.7 Å². The molecule has 0 unspecified atom stereocenters. The minimum atomic E-state index is -0.974. The summed E-state index contributed by atoms with van der Waals surface area (Å²) in [5.41, 5.74) is -0.0281. The lowest BCUT2D eigenvalue weighted by Crippen LogP contribution is -2.47. The van der Waals surface area contributed by atoms with Gasteiger partial charge in [-0.15, -0.1) is 0 Å². The summed E-state index contributed by atoms with van der Waals surface area (Å²) in [7, 11) is 1.90. The molecule has 2 heterocycles. The number of ether oxygens (including phenoxy) is 1. The number of carbonyl (C=O) groups is 2. The molecule has 3 aliphatic rings. The van der Waals surface area contributed by atoms with Crippen LogP contribution in [0.25, 0.3) is 0 Å². The molecular formula is C21H28N2O4. The van der Waals surface area contributed by atoms with E-state index in [1.54, 1.807) is 0 Å². The van der Waals surface area contributed by atoms with Crippen LogP contribution in [-0.4, -0.2) is 66.1 Å². The van der Waals surface area contributed by atoms with Crippen LogP contribution < -0.4 is 4.74 Å². The molecule has 2 atom stereocenters. The van der Waals surface area contributed by atoms with Gasteiger partial charge in [-0.2, -0.15) is 0 Å². The maximum Gasteiger partial charge on any atom is 0.315 e. The molecule has 0 radical (unpaired) electrons. The first-order valence-electron chi connectivity index (χ1n) is 9.94. The summed E-state index contributed by atoms with van der Waals surface area (Å²) < 4.78 is 5.80. The van der Waals surface area contributed by atoms with Gasteiger partial charge in [0, 0.05) is 32.1 Å². The Morgan fingerprint density at radius 2 is 2.00 bits per heavy atom. The Bertz CT molecular complexity index is 731. The summed E-state index contributed by atoms with van der Waals surface area (Å²) in [4.78, 5) is 28.9. The van der Waals surface area contributed by atoms with Crippen LogP contribution in [-0.2, 0) is 9.59 Å². The van der Waals surface area contributed by atoms with E-state index in [1.165, 1.54) is 19.3 Å². The molecule has 1 N–H and O–H groups in total. The zero-order valence-corrected chi connectivity index (χ0v) is 15.9. The lowest BCUT2D eigenvalue weighted by atomic mass is 9.73. The van der Waals surface area contributed by atoms with Gasteiger partial charge in [0.25, 0.3) is 0 Å². The second-order valence-electron chi connectivity index (χ2n) is 8.31. The van der Waals surface area contributed by atoms with Gasteiger partial charge in [-0.3, -0.25) is 14.5 Å². The van der Waals surface area contributed by atoms with Crippen molar-refractivity contribution in [3.05, 3.63) is 29.8 Å².